The molecule has 1 aliphatic heterocycles. The highest BCUT2D eigenvalue weighted by molar-refractivity contribution is 5.33. The van der Waals surface area contributed by atoms with Crippen LogP contribution in [-0.4, -0.2) is 19.4 Å². The van der Waals surface area contributed by atoms with E-state index < -0.39 is 12.8 Å². The number of alkyl halides is 3. The standard InChI is InChI=1S/C13H16F3NO/c14-13(15,16)9-18-7-3-6-12-11-5-2-1-4-10(11)8-17-12/h1-2,4-5,12,17H,3,6-9H2. The lowest BCUT2D eigenvalue weighted by Crippen LogP contribution is -2.18. The summed E-state index contributed by atoms with van der Waals surface area (Å²) in [5.74, 6) is 0. The second kappa shape index (κ2) is 5.71. The van der Waals surface area contributed by atoms with Gasteiger partial charge in [0.2, 0.25) is 0 Å². The molecule has 0 bridgehead atoms. The molecular weight excluding hydrogens is 243 g/mol. The lowest BCUT2D eigenvalue weighted by atomic mass is 10.0. The van der Waals surface area contributed by atoms with E-state index in [0.29, 0.717) is 6.42 Å². The SMILES string of the molecule is FC(F)(F)COCCCC1NCc2ccccc21. The van der Waals surface area contributed by atoms with Gasteiger partial charge < -0.3 is 10.1 Å². The molecule has 0 aromatic heterocycles. The summed E-state index contributed by atoms with van der Waals surface area (Å²) < 4.78 is 40.1. The molecular formula is C13H16F3NO. The first-order valence-corrected chi connectivity index (χ1v) is 6.02. The van der Waals surface area contributed by atoms with Crippen molar-refractivity contribution in [3.05, 3.63) is 35.4 Å². The molecule has 1 aromatic rings. The summed E-state index contributed by atoms with van der Waals surface area (Å²) in [6.07, 6.45) is -2.80. The predicted octanol–water partition coefficient (Wildman–Crippen LogP) is 3.19. The largest absolute Gasteiger partial charge is 0.411 e. The fourth-order valence-corrected chi connectivity index (χ4v) is 2.21. The molecule has 0 spiro atoms. The van der Waals surface area contributed by atoms with Gasteiger partial charge in [-0.2, -0.15) is 13.2 Å². The Morgan fingerprint density at radius 2 is 2.06 bits per heavy atom. The predicted molar refractivity (Wildman–Crippen MR) is 62.1 cm³/mol. The van der Waals surface area contributed by atoms with Crippen LogP contribution in [0.25, 0.3) is 0 Å². The number of hydrogen-bond donors (Lipinski definition) is 1. The highest BCUT2D eigenvalue weighted by atomic mass is 19.4. The molecule has 1 N–H and O–H groups in total. The number of benzene rings is 1. The van der Waals surface area contributed by atoms with Crippen LogP contribution < -0.4 is 5.32 Å². The zero-order valence-corrected chi connectivity index (χ0v) is 9.96. The smallest absolute Gasteiger partial charge is 0.372 e. The minimum absolute atomic E-state index is 0.153. The van der Waals surface area contributed by atoms with Gasteiger partial charge in [0.1, 0.15) is 6.61 Å². The molecule has 5 heteroatoms. The Morgan fingerprint density at radius 1 is 1.28 bits per heavy atom. The van der Waals surface area contributed by atoms with Crippen LogP contribution in [0.15, 0.2) is 24.3 Å². The molecule has 0 saturated carbocycles. The third-order valence-corrected chi connectivity index (χ3v) is 3.02. The van der Waals surface area contributed by atoms with Crippen molar-refractivity contribution < 1.29 is 17.9 Å². The minimum atomic E-state index is -4.22. The van der Waals surface area contributed by atoms with E-state index in [1.54, 1.807) is 0 Å². The van der Waals surface area contributed by atoms with E-state index in [1.165, 1.54) is 11.1 Å². The Labute approximate surface area is 104 Å². The van der Waals surface area contributed by atoms with E-state index in [1.807, 2.05) is 12.1 Å². The highest BCUT2D eigenvalue weighted by Crippen LogP contribution is 2.28. The van der Waals surface area contributed by atoms with Gasteiger partial charge in [-0.15, -0.1) is 0 Å². The van der Waals surface area contributed by atoms with Crippen molar-refractivity contribution in [2.24, 2.45) is 0 Å². The van der Waals surface area contributed by atoms with Crippen LogP contribution in [-0.2, 0) is 11.3 Å². The van der Waals surface area contributed by atoms with Gasteiger partial charge in [-0.25, -0.2) is 0 Å². The van der Waals surface area contributed by atoms with Gasteiger partial charge in [0.15, 0.2) is 0 Å². The first-order chi connectivity index (χ1) is 8.56. The molecule has 18 heavy (non-hydrogen) atoms. The molecule has 1 aromatic carbocycles. The molecule has 2 nitrogen and oxygen atoms in total. The Kier molecular flexibility index (Phi) is 4.24. The number of fused-ring (bicyclic) bond motifs is 1. The van der Waals surface area contributed by atoms with Crippen molar-refractivity contribution in [2.75, 3.05) is 13.2 Å². The average molecular weight is 259 g/mol. The molecule has 2 rings (SSSR count). The number of ether oxygens (including phenoxy) is 1. The third-order valence-electron chi connectivity index (χ3n) is 3.02. The van der Waals surface area contributed by atoms with E-state index in [4.69, 9.17) is 0 Å². The molecule has 0 aliphatic carbocycles. The number of nitrogens with one attached hydrogen (secondary N) is 1. The van der Waals surface area contributed by atoms with Gasteiger partial charge in [0, 0.05) is 19.2 Å². The van der Waals surface area contributed by atoms with Crippen LogP contribution in [0.2, 0.25) is 0 Å². The lowest BCUT2D eigenvalue weighted by Gasteiger charge is -2.12. The molecule has 0 saturated heterocycles. The average Bonchev–Trinajstić information content (AvgIpc) is 2.71. The maximum atomic E-state index is 11.8. The zero-order valence-electron chi connectivity index (χ0n) is 9.96. The van der Waals surface area contributed by atoms with E-state index in [0.717, 1.165) is 13.0 Å². The molecule has 1 atom stereocenters. The highest BCUT2D eigenvalue weighted by Gasteiger charge is 2.27. The van der Waals surface area contributed by atoms with Crippen molar-refractivity contribution >= 4 is 0 Å². The van der Waals surface area contributed by atoms with Crippen molar-refractivity contribution in [1.82, 2.24) is 5.32 Å². The summed E-state index contributed by atoms with van der Waals surface area (Å²) in [5, 5.41) is 3.35. The third kappa shape index (κ3) is 3.71. The van der Waals surface area contributed by atoms with Gasteiger partial charge in [-0.3, -0.25) is 0 Å². The van der Waals surface area contributed by atoms with Gasteiger partial charge >= 0.3 is 6.18 Å². The summed E-state index contributed by atoms with van der Waals surface area (Å²) in [5.41, 5.74) is 2.53. The van der Waals surface area contributed by atoms with Crippen molar-refractivity contribution in [3.8, 4) is 0 Å². The molecule has 0 radical (unpaired) electrons. The van der Waals surface area contributed by atoms with Crippen LogP contribution in [0.4, 0.5) is 13.2 Å². The van der Waals surface area contributed by atoms with Gasteiger partial charge in [0.05, 0.1) is 0 Å². The Balaban J connectivity index is 1.70. The molecule has 1 aliphatic rings. The normalized spacial score (nSPS) is 18.9. The summed E-state index contributed by atoms with van der Waals surface area (Å²) in [4.78, 5) is 0. The van der Waals surface area contributed by atoms with E-state index in [-0.39, 0.29) is 12.6 Å². The Bertz CT molecular complexity index is 392. The number of hydrogen-bond acceptors (Lipinski definition) is 2. The van der Waals surface area contributed by atoms with Gasteiger partial charge in [0.25, 0.3) is 0 Å². The minimum Gasteiger partial charge on any atom is -0.372 e. The fraction of sp³-hybridized carbons (Fsp3) is 0.538. The molecule has 0 fully saturated rings. The molecule has 100 valence electrons. The quantitative estimate of drug-likeness (QED) is 0.820. The summed E-state index contributed by atoms with van der Waals surface area (Å²) in [6, 6.07) is 8.36. The van der Waals surface area contributed by atoms with E-state index in [9.17, 15) is 13.2 Å². The molecule has 1 unspecified atom stereocenters. The van der Waals surface area contributed by atoms with Crippen LogP contribution in [0.3, 0.4) is 0 Å². The van der Waals surface area contributed by atoms with Crippen molar-refractivity contribution in [1.29, 1.82) is 0 Å². The van der Waals surface area contributed by atoms with Gasteiger partial charge in [-0.1, -0.05) is 24.3 Å². The summed E-state index contributed by atoms with van der Waals surface area (Å²) >= 11 is 0. The van der Waals surface area contributed by atoms with Crippen molar-refractivity contribution in [3.63, 3.8) is 0 Å². The molecule has 0 amide bonds. The maximum Gasteiger partial charge on any atom is 0.411 e. The Morgan fingerprint density at radius 3 is 2.83 bits per heavy atom. The summed E-state index contributed by atoms with van der Waals surface area (Å²) in [6.45, 7) is -0.161. The van der Waals surface area contributed by atoms with Crippen molar-refractivity contribution in [2.45, 2.75) is 31.6 Å². The van der Waals surface area contributed by atoms with Gasteiger partial charge in [-0.05, 0) is 24.0 Å². The fourth-order valence-electron chi connectivity index (χ4n) is 2.21. The second-order valence-corrected chi connectivity index (χ2v) is 4.44. The number of halogens is 3. The van der Waals surface area contributed by atoms with Crippen LogP contribution >= 0.6 is 0 Å². The van der Waals surface area contributed by atoms with E-state index in [2.05, 4.69) is 22.2 Å². The first kappa shape index (κ1) is 13.4. The number of rotatable bonds is 5. The van der Waals surface area contributed by atoms with Crippen LogP contribution in [0.5, 0.6) is 0 Å². The summed E-state index contributed by atoms with van der Waals surface area (Å²) in [7, 11) is 0. The Hall–Kier alpha value is -1.07. The van der Waals surface area contributed by atoms with Crippen LogP contribution in [0, 0.1) is 0 Å². The monoisotopic (exact) mass is 259 g/mol. The van der Waals surface area contributed by atoms with Crippen LogP contribution in [0.1, 0.15) is 30.0 Å². The lowest BCUT2D eigenvalue weighted by molar-refractivity contribution is -0.174. The first-order valence-electron chi connectivity index (χ1n) is 6.02. The van der Waals surface area contributed by atoms with E-state index >= 15 is 0 Å². The maximum absolute atomic E-state index is 11.8. The zero-order chi connectivity index (χ0) is 13.0. The topological polar surface area (TPSA) is 21.3 Å². The molecule has 1 heterocycles. The second-order valence-electron chi connectivity index (χ2n) is 4.44.